The molecule has 1 aromatic rings. The monoisotopic (exact) mass is 410 g/mol. The van der Waals surface area contributed by atoms with Gasteiger partial charge in [-0.2, -0.15) is 0 Å². The Kier molecular flexibility index (Phi) is 4.64. The number of rotatable bonds is 2. The summed E-state index contributed by atoms with van der Waals surface area (Å²) in [7, 11) is 1.46. The van der Waals surface area contributed by atoms with Crippen LogP contribution in [0.1, 0.15) is 18.0 Å². The predicted octanol–water partition coefficient (Wildman–Crippen LogP) is 2.31. The third-order valence-corrected chi connectivity index (χ3v) is 4.50. The van der Waals surface area contributed by atoms with Gasteiger partial charge < -0.3 is 15.3 Å². The zero-order valence-corrected chi connectivity index (χ0v) is 13.2. The van der Waals surface area contributed by atoms with Gasteiger partial charge in [-0.25, -0.2) is 13.6 Å². The molecule has 0 saturated carbocycles. The first-order valence-electron chi connectivity index (χ1n) is 6.16. The number of carbonyl (C=O) groups is 2. The summed E-state index contributed by atoms with van der Waals surface area (Å²) in [4.78, 5) is 24.2. The summed E-state index contributed by atoms with van der Waals surface area (Å²) in [6.45, 7) is 0. The Morgan fingerprint density at radius 2 is 2.14 bits per heavy atom. The van der Waals surface area contributed by atoms with E-state index in [1.54, 1.807) is 0 Å². The molecular formula is C13H13F2IN2O3. The molecule has 21 heavy (non-hydrogen) atoms. The Balaban J connectivity index is 2.45. The van der Waals surface area contributed by atoms with Crippen LogP contribution in [0.15, 0.2) is 18.2 Å². The number of carboxylic acid groups (broad SMARTS) is 1. The summed E-state index contributed by atoms with van der Waals surface area (Å²) in [5.74, 6) is -1.56. The van der Waals surface area contributed by atoms with Crippen molar-refractivity contribution in [3.05, 3.63) is 35.4 Å². The van der Waals surface area contributed by atoms with Crippen molar-refractivity contribution in [3.63, 3.8) is 0 Å². The van der Waals surface area contributed by atoms with Crippen molar-refractivity contribution in [1.29, 1.82) is 0 Å². The number of likely N-dealkylation sites (N-methyl/N-ethyl adjacent to an activating group) is 1. The van der Waals surface area contributed by atoms with Gasteiger partial charge in [0.15, 0.2) is 0 Å². The van der Waals surface area contributed by atoms with Gasteiger partial charge in [0.1, 0.15) is 11.6 Å². The largest absolute Gasteiger partial charge is 0.465 e. The van der Waals surface area contributed by atoms with Gasteiger partial charge in [-0.05, 0) is 24.6 Å². The highest BCUT2D eigenvalue weighted by molar-refractivity contribution is 14.1. The summed E-state index contributed by atoms with van der Waals surface area (Å²) in [6, 6.07) is 1.35. The number of piperidine rings is 1. The molecule has 1 aliphatic heterocycles. The minimum absolute atomic E-state index is 0.0344. The van der Waals surface area contributed by atoms with Gasteiger partial charge in [0.2, 0.25) is 5.91 Å². The average molecular weight is 410 g/mol. The fourth-order valence-electron chi connectivity index (χ4n) is 2.54. The normalized spacial score (nSPS) is 25.8. The standard InChI is InChI=1S/C13H13F2IN2O3/c1-18-11(7-4-6(14)2-3-8(7)15)10(17-13(20)21)5-9(16)12(18)19/h2-4,9-11,17H,5H2,1H3,(H,20,21)/t9?,10-,11+/m0/s1. The maximum atomic E-state index is 14.0. The molecule has 2 amide bonds. The fourth-order valence-corrected chi connectivity index (χ4v) is 3.53. The molecule has 8 heteroatoms. The van der Waals surface area contributed by atoms with Crippen molar-refractivity contribution in [2.45, 2.75) is 22.4 Å². The van der Waals surface area contributed by atoms with Crippen molar-refractivity contribution in [1.82, 2.24) is 10.2 Å². The molecule has 0 aromatic heterocycles. The SMILES string of the molecule is CN1C(=O)C(I)C[C@H](NC(=O)O)[C@H]1c1cc(F)ccc1F. The molecule has 3 atom stereocenters. The van der Waals surface area contributed by atoms with Gasteiger partial charge in [0, 0.05) is 12.6 Å². The van der Waals surface area contributed by atoms with E-state index in [2.05, 4.69) is 5.32 Å². The molecule has 114 valence electrons. The van der Waals surface area contributed by atoms with Crippen LogP contribution in [0.25, 0.3) is 0 Å². The van der Waals surface area contributed by atoms with Crippen LogP contribution in [0.2, 0.25) is 0 Å². The van der Waals surface area contributed by atoms with Crippen LogP contribution >= 0.6 is 22.6 Å². The quantitative estimate of drug-likeness (QED) is 0.581. The van der Waals surface area contributed by atoms with Gasteiger partial charge in [-0.3, -0.25) is 4.79 Å². The van der Waals surface area contributed by atoms with Gasteiger partial charge in [0.25, 0.3) is 0 Å². The zero-order valence-electron chi connectivity index (χ0n) is 11.0. The minimum atomic E-state index is -1.27. The molecule has 1 saturated heterocycles. The molecule has 2 rings (SSSR count). The number of likely N-dealkylation sites (tertiary alicyclic amines) is 1. The highest BCUT2D eigenvalue weighted by Crippen LogP contribution is 2.35. The van der Waals surface area contributed by atoms with Crippen LogP contribution in [0.5, 0.6) is 0 Å². The van der Waals surface area contributed by atoms with E-state index in [1.807, 2.05) is 22.6 Å². The summed E-state index contributed by atoms with van der Waals surface area (Å²) in [5, 5.41) is 11.2. The number of hydrogen-bond donors (Lipinski definition) is 2. The minimum Gasteiger partial charge on any atom is -0.465 e. The lowest BCUT2D eigenvalue weighted by molar-refractivity contribution is -0.134. The summed E-state index contributed by atoms with van der Waals surface area (Å²) in [5.41, 5.74) is -0.0344. The van der Waals surface area contributed by atoms with Crippen LogP contribution < -0.4 is 5.32 Å². The van der Waals surface area contributed by atoms with E-state index in [0.29, 0.717) is 0 Å². The number of amides is 2. The molecule has 0 aliphatic carbocycles. The first kappa shape index (κ1) is 15.9. The van der Waals surface area contributed by atoms with Crippen molar-refractivity contribution in [2.24, 2.45) is 0 Å². The van der Waals surface area contributed by atoms with E-state index in [-0.39, 0.29) is 17.9 Å². The van der Waals surface area contributed by atoms with Crippen molar-refractivity contribution in [2.75, 3.05) is 7.05 Å². The summed E-state index contributed by atoms with van der Waals surface area (Å²) >= 11 is 1.91. The molecule has 0 spiro atoms. The molecule has 1 unspecified atom stereocenters. The molecule has 5 nitrogen and oxygen atoms in total. The van der Waals surface area contributed by atoms with Crippen LogP contribution in [0.4, 0.5) is 13.6 Å². The van der Waals surface area contributed by atoms with E-state index >= 15 is 0 Å². The Morgan fingerprint density at radius 3 is 2.76 bits per heavy atom. The second-order valence-electron chi connectivity index (χ2n) is 4.82. The zero-order chi connectivity index (χ0) is 15.7. The van der Waals surface area contributed by atoms with E-state index in [9.17, 15) is 18.4 Å². The molecule has 1 fully saturated rings. The van der Waals surface area contributed by atoms with Crippen molar-refractivity contribution in [3.8, 4) is 0 Å². The first-order chi connectivity index (χ1) is 9.81. The maximum Gasteiger partial charge on any atom is 0.404 e. The summed E-state index contributed by atoms with van der Waals surface area (Å²) < 4.78 is 26.9. The van der Waals surface area contributed by atoms with Crippen LogP contribution in [0.3, 0.4) is 0 Å². The number of benzene rings is 1. The lowest BCUT2D eigenvalue weighted by atomic mass is 9.90. The third kappa shape index (κ3) is 3.25. The first-order valence-corrected chi connectivity index (χ1v) is 7.41. The van der Waals surface area contributed by atoms with Gasteiger partial charge in [-0.1, -0.05) is 22.6 Å². The number of halogens is 3. The highest BCUT2D eigenvalue weighted by atomic mass is 127. The molecule has 1 aliphatic rings. The van der Waals surface area contributed by atoms with Crippen LogP contribution in [-0.2, 0) is 4.79 Å². The number of carbonyl (C=O) groups excluding carboxylic acids is 1. The second-order valence-corrected chi connectivity index (χ2v) is 6.32. The van der Waals surface area contributed by atoms with E-state index in [1.165, 1.54) is 11.9 Å². The number of alkyl halides is 1. The van der Waals surface area contributed by atoms with E-state index < -0.39 is 33.7 Å². The number of nitrogens with one attached hydrogen (secondary N) is 1. The fraction of sp³-hybridized carbons (Fsp3) is 0.385. The predicted molar refractivity (Wildman–Crippen MR) is 79.2 cm³/mol. The molecule has 0 bridgehead atoms. The molecule has 1 heterocycles. The highest BCUT2D eigenvalue weighted by Gasteiger charge is 2.41. The number of nitrogens with zero attached hydrogens (tertiary/aromatic N) is 1. The molecule has 0 radical (unpaired) electrons. The van der Waals surface area contributed by atoms with Crippen LogP contribution in [-0.4, -0.2) is 39.0 Å². The van der Waals surface area contributed by atoms with Crippen molar-refractivity contribution < 1.29 is 23.5 Å². The van der Waals surface area contributed by atoms with Crippen LogP contribution in [0, 0.1) is 11.6 Å². The topological polar surface area (TPSA) is 69.6 Å². The van der Waals surface area contributed by atoms with Crippen molar-refractivity contribution >= 4 is 34.6 Å². The Morgan fingerprint density at radius 1 is 1.48 bits per heavy atom. The van der Waals surface area contributed by atoms with E-state index in [0.717, 1.165) is 18.2 Å². The lowest BCUT2D eigenvalue weighted by Gasteiger charge is -2.41. The molecule has 2 N–H and O–H groups in total. The summed E-state index contributed by atoms with van der Waals surface area (Å²) in [6.07, 6.45) is -1.05. The Labute approximate surface area is 133 Å². The second kappa shape index (κ2) is 6.12. The Bertz CT molecular complexity index is 585. The van der Waals surface area contributed by atoms with Gasteiger partial charge in [-0.15, -0.1) is 0 Å². The molecular weight excluding hydrogens is 397 g/mol. The lowest BCUT2D eigenvalue weighted by Crippen LogP contribution is -2.54. The van der Waals surface area contributed by atoms with Gasteiger partial charge in [0.05, 0.1) is 16.0 Å². The van der Waals surface area contributed by atoms with Gasteiger partial charge >= 0.3 is 6.09 Å². The smallest absolute Gasteiger partial charge is 0.404 e. The maximum absolute atomic E-state index is 14.0. The average Bonchev–Trinajstić information content (AvgIpc) is 2.39. The number of hydrogen-bond acceptors (Lipinski definition) is 2. The Hall–Kier alpha value is -1.45. The third-order valence-electron chi connectivity index (χ3n) is 3.46. The van der Waals surface area contributed by atoms with E-state index in [4.69, 9.17) is 5.11 Å². The molecule has 1 aromatic carbocycles.